The zero-order valence-electron chi connectivity index (χ0n) is 11.2. The van der Waals surface area contributed by atoms with Crippen LogP contribution in [0.15, 0.2) is 54.6 Å². The average Bonchev–Trinajstić information content (AvgIpc) is 2.48. The Labute approximate surface area is 123 Å². The van der Waals surface area contributed by atoms with Gasteiger partial charge in [-0.2, -0.15) is 0 Å². The Morgan fingerprint density at radius 1 is 1.10 bits per heavy atom. The fourth-order valence-corrected chi connectivity index (χ4v) is 3.00. The molecule has 0 N–H and O–H groups in total. The van der Waals surface area contributed by atoms with Crippen molar-refractivity contribution in [2.75, 3.05) is 6.61 Å². The van der Waals surface area contributed by atoms with E-state index in [2.05, 4.69) is 0 Å². The maximum Gasteiger partial charge on any atom is 0.196 e. The summed E-state index contributed by atoms with van der Waals surface area (Å²) in [6.07, 6.45) is 0. The Hall–Kier alpha value is -1.64. The van der Waals surface area contributed by atoms with Crippen molar-refractivity contribution in [1.82, 2.24) is 0 Å². The number of ether oxygens (including phenoxy) is 1. The molecule has 1 saturated heterocycles. The molecular weight excluding hydrogens is 272 g/mol. The van der Waals surface area contributed by atoms with Crippen molar-refractivity contribution in [1.29, 1.82) is 0 Å². The van der Waals surface area contributed by atoms with E-state index >= 15 is 0 Å². The molecule has 0 saturated carbocycles. The highest BCUT2D eigenvalue weighted by atomic mass is 35.5. The summed E-state index contributed by atoms with van der Waals surface area (Å²) >= 11 is 6.60. The summed E-state index contributed by atoms with van der Waals surface area (Å²) in [7, 11) is 0. The van der Waals surface area contributed by atoms with Gasteiger partial charge in [0.2, 0.25) is 0 Å². The number of alkyl halides is 1. The van der Waals surface area contributed by atoms with E-state index < -0.39 is 11.0 Å². The Bertz CT molecular complexity index is 621. The minimum atomic E-state index is -1.04. The predicted octanol–water partition coefficient (Wildman–Crippen LogP) is 3.77. The number of Topliss-reactive ketones (excluding diaryl/α,β-unsaturated/α-hetero) is 1. The van der Waals surface area contributed by atoms with Crippen molar-refractivity contribution in [3.05, 3.63) is 71.3 Å². The lowest BCUT2D eigenvalue weighted by atomic mass is 9.79. The molecule has 20 heavy (non-hydrogen) atoms. The summed E-state index contributed by atoms with van der Waals surface area (Å²) in [5.74, 6) is 0.0317. The maximum absolute atomic E-state index is 12.2. The van der Waals surface area contributed by atoms with Crippen LogP contribution in [0, 0.1) is 6.92 Å². The molecule has 2 nitrogen and oxygen atoms in total. The van der Waals surface area contributed by atoms with Crippen molar-refractivity contribution >= 4 is 17.4 Å². The molecule has 1 aliphatic heterocycles. The van der Waals surface area contributed by atoms with E-state index in [9.17, 15) is 4.79 Å². The van der Waals surface area contributed by atoms with Crippen LogP contribution in [0.2, 0.25) is 0 Å². The fraction of sp³-hybridized carbons (Fsp3) is 0.235. The van der Waals surface area contributed by atoms with E-state index in [4.69, 9.17) is 16.3 Å². The molecule has 2 aromatic carbocycles. The number of hydrogen-bond acceptors (Lipinski definition) is 2. The van der Waals surface area contributed by atoms with Gasteiger partial charge in [0.1, 0.15) is 6.61 Å². The lowest BCUT2D eigenvalue weighted by Crippen LogP contribution is -2.54. The fourth-order valence-electron chi connectivity index (χ4n) is 2.55. The molecule has 0 aromatic heterocycles. The third kappa shape index (κ3) is 1.96. The molecular formula is C17H15ClO2. The quantitative estimate of drug-likeness (QED) is 0.803. The summed E-state index contributed by atoms with van der Waals surface area (Å²) in [4.78, 5) is 12.2. The Morgan fingerprint density at radius 3 is 2.25 bits per heavy atom. The van der Waals surface area contributed by atoms with E-state index in [0.717, 1.165) is 16.7 Å². The molecule has 1 fully saturated rings. The third-order valence-corrected chi connectivity index (χ3v) is 4.33. The number of hydrogen-bond donors (Lipinski definition) is 0. The predicted molar refractivity (Wildman–Crippen MR) is 78.9 cm³/mol. The monoisotopic (exact) mass is 286 g/mol. The lowest BCUT2D eigenvalue weighted by molar-refractivity contribution is -0.182. The van der Waals surface area contributed by atoms with Crippen molar-refractivity contribution < 1.29 is 9.53 Å². The largest absolute Gasteiger partial charge is 0.352 e. The minimum Gasteiger partial charge on any atom is -0.352 e. The number of halogens is 1. The minimum absolute atomic E-state index is 0.0317. The molecule has 3 heteroatoms. The average molecular weight is 287 g/mol. The number of benzene rings is 2. The second-order valence-electron chi connectivity index (χ2n) is 5.09. The van der Waals surface area contributed by atoms with Gasteiger partial charge in [-0.1, -0.05) is 60.2 Å². The summed E-state index contributed by atoms with van der Waals surface area (Å²) in [6, 6.07) is 17.4. The molecule has 0 radical (unpaired) electrons. The molecule has 102 valence electrons. The van der Waals surface area contributed by atoms with Gasteiger partial charge >= 0.3 is 0 Å². The van der Waals surface area contributed by atoms with Gasteiger partial charge in [0.25, 0.3) is 0 Å². The van der Waals surface area contributed by atoms with E-state index in [1.54, 1.807) is 0 Å². The topological polar surface area (TPSA) is 26.3 Å². The van der Waals surface area contributed by atoms with Gasteiger partial charge in [-0.3, -0.25) is 4.79 Å². The normalized spacial score (nSPS) is 23.2. The van der Waals surface area contributed by atoms with Crippen LogP contribution in [0.25, 0.3) is 0 Å². The van der Waals surface area contributed by atoms with Gasteiger partial charge in [0.15, 0.2) is 11.4 Å². The Kier molecular flexibility index (Phi) is 3.36. The van der Waals surface area contributed by atoms with Crippen LogP contribution in [0.1, 0.15) is 22.1 Å². The zero-order chi connectivity index (χ0) is 14.2. The number of ketones is 1. The molecule has 2 aromatic rings. The van der Waals surface area contributed by atoms with E-state index in [1.807, 2.05) is 61.5 Å². The van der Waals surface area contributed by atoms with E-state index in [1.165, 1.54) is 0 Å². The molecule has 2 atom stereocenters. The van der Waals surface area contributed by atoms with E-state index in [0.29, 0.717) is 0 Å². The van der Waals surface area contributed by atoms with Crippen molar-refractivity contribution in [3.8, 4) is 0 Å². The zero-order valence-corrected chi connectivity index (χ0v) is 11.9. The molecule has 0 bridgehead atoms. The number of carbonyl (C=O) groups is 1. The van der Waals surface area contributed by atoms with Crippen LogP contribution in [-0.2, 0) is 15.1 Å². The molecule has 0 spiro atoms. The van der Waals surface area contributed by atoms with Gasteiger partial charge in [-0.25, -0.2) is 0 Å². The van der Waals surface area contributed by atoms with Crippen LogP contribution >= 0.6 is 11.6 Å². The first-order chi connectivity index (χ1) is 9.64. The molecule has 0 unspecified atom stereocenters. The standard InChI is InChI=1S/C17H15ClO2/c1-12-7-9-13(10-8-12)16(18)17(15(19)11-20-17)14-5-3-2-4-6-14/h2-10,16H,11H2,1H3/t16-,17-/m0/s1. The highest BCUT2D eigenvalue weighted by molar-refractivity contribution is 6.24. The molecule has 1 aliphatic rings. The summed E-state index contributed by atoms with van der Waals surface area (Å²) in [6.45, 7) is 2.15. The second-order valence-corrected chi connectivity index (χ2v) is 5.52. The SMILES string of the molecule is Cc1ccc([C@H](Cl)[C@@]2(c3ccccc3)OCC2=O)cc1. The lowest BCUT2D eigenvalue weighted by Gasteiger charge is -2.43. The van der Waals surface area contributed by atoms with Crippen molar-refractivity contribution in [2.24, 2.45) is 0 Å². The molecule has 3 rings (SSSR count). The Balaban J connectivity index is 2.03. The third-order valence-electron chi connectivity index (χ3n) is 3.77. The smallest absolute Gasteiger partial charge is 0.196 e. The first-order valence-corrected chi connectivity index (χ1v) is 7.01. The second kappa shape index (κ2) is 5.04. The van der Waals surface area contributed by atoms with Gasteiger partial charge in [0.05, 0.1) is 5.38 Å². The molecule has 1 heterocycles. The maximum atomic E-state index is 12.2. The first kappa shape index (κ1) is 13.3. The Morgan fingerprint density at radius 2 is 1.75 bits per heavy atom. The first-order valence-electron chi connectivity index (χ1n) is 6.58. The van der Waals surface area contributed by atoms with Crippen LogP contribution in [0.5, 0.6) is 0 Å². The van der Waals surface area contributed by atoms with Crippen LogP contribution in [0.4, 0.5) is 0 Å². The summed E-state index contributed by atoms with van der Waals surface area (Å²) in [5.41, 5.74) is 1.83. The summed E-state index contributed by atoms with van der Waals surface area (Å²) < 4.78 is 5.68. The number of rotatable bonds is 3. The summed E-state index contributed by atoms with van der Waals surface area (Å²) in [5, 5.41) is -0.522. The van der Waals surface area contributed by atoms with Gasteiger partial charge in [-0.05, 0) is 18.1 Å². The highest BCUT2D eigenvalue weighted by Crippen LogP contribution is 2.48. The van der Waals surface area contributed by atoms with Crippen LogP contribution in [-0.4, -0.2) is 12.4 Å². The number of aryl methyl sites for hydroxylation is 1. The number of carbonyl (C=O) groups excluding carboxylic acids is 1. The highest BCUT2D eigenvalue weighted by Gasteiger charge is 2.55. The molecule has 0 aliphatic carbocycles. The van der Waals surface area contributed by atoms with Crippen molar-refractivity contribution in [2.45, 2.75) is 17.9 Å². The van der Waals surface area contributed by atoms with Crippen molar-refractivity contribution in [3.63, 3.8) is 0 Å². The van der Waals surface area contributed by atoms with Crippen LogP contribution in [0.3, 0.4) is 0 Å². The van der Waals surface area contributed by atoms with Gasteiger partial charge in [-0.15, -0.1) is 11.6 Å². The van der Waals surface area contributed by atoms with Gasteiger partial charge in [0, 0.05) is 0 Å². The van der Waals surface area contributed by atoms with Crippen LogP contribution < -0.4 is 0 Å². The molecule has 0 amide bonds. The van der Waals surface area contributed by atoms with Gasteiger partial charge < -0.3 is 4.74 Å². The van der Waals surface area contributed by atoms with E-state index in [-0.39, 0.29) is 12.4 Å².